The molecule has 0 amide bonds. The Kier molecular flexibility index (Phi) is 3.77. The average molecular weight is 266 g/mol. The Morgan fingerprint density at radius 1 is 1.28 bits per heavy atom. The first-order chi connectivity index (χ1) is 8.56. The van der Waals surface area contributed by atoms with Crippen LogP contribution in [0, 0.1) is 12.7 Å². The molecule has 0 aliphatic carbocycles. The van der Waals surface area contributed by atoms with E-state index in [0.717, 1.165) is 11.8 Å². The van der Waals surface area contributed by atoms with Gasteiger partial charge in [-0.3, -0.25) is 0 Å². The Hall–Kier alpha value is -1.68. The van der Waals surface area contributed by atoms with Crippen LogP contribution in [0.1, 0.15) is 24.1 Å². The largest absolute Gasteiger partial charge is 0.361 e. The van der Waals surface area contributed by atoms with Gasteiger partial charge < -0.3 is 5.32 Å². The first-order valence-electron chi connectivity index (χ1n) is 5.57. The Bertz CT molecular complexity index is 542. The Morgan fingerprint density at radius 3 is 2.61 bits per heavy atom. The molecule has 1 unspecified atom stereocenters. The molecule has 1 aromatic carbocycles. The molecule has 18 heavy (non-hydrogen) atoms. The molecule has 1 aromatic heterocycles. The summed E-state index contributed by atoms with van der Waals surface area (Å²) in [6, 6.07) is 7.95. The molecule has 5 heteroatoms. The molecule has 0 bridgehead atoms. The molecule has 0 saturated carbocycles. The summed E-state index contributed by atoms with van der Waals surface area (Å²) in [5, 5.41) is 3.00. The second-order valence-corrected chi connectivity index (χ2v) is 4.45. The minimum absolute atomic E-state index is 0.0232. The first kappa shape index (κ1) is 12.8. The third-order valence-electron chi connectivity index (χ3n) is 2.65. The number of hydrogen-bond donors (Lipinski definition) is 1. The van der Waals surface area contributed by atoms with Crippen LogP contribution in [-0.4, -0.2) is 9.97 Å². The number of rotatable bonds is 3. The number of nitrogens with zero attached hydrogens (tertiary/aromatic N) is 2. The molecule has 1 atom stereocenters. The molecular formula is C13H13ClFN3. The summed E-state index contributed by atoms with van der Waals surface area (Å²) in [5.74, 6) is -0.401. The highest BCUT2D eigenvalue weighted by Gasteiger charge is 2.10. The van der Waals surface area contributed by atoms with Gasteiger partial charge in [-0.15, -0.1) is 0 Å². The minimum atomic E-state index is -0.515. The number of aromatic nitrogens is 2. The van der Waals surface area contributed by atoms with Crippen molar-refractivity contribution in [1.82, 2.24) is 9.97 Å². The maximum Gasteiger partial charge on any atom is 0.224 e. The second kappa shape index (κ2) is 5.31. The third kappa shape index (κ3) is 2.96. The molecule has 0 spiro atoms. The SMILES string of the molecule is Cc1ccc(C(C)Nc2nc(Cl)ncc2F)cc1. The van der Waals surface area contributed by atoms with Crippen LogP contribution in [0.25, 0.3) is 0 Å². The van der Waals surface area contributed by atoms with E-state index in [1.54, 1.807) is 0 Å². The summed E-state index contributed by atoms with van der Waals surface area (Å²) < 4.78 is 13.5. The Morgan fingerprint density at radius 2 is 1.94 bits per heavy atom. The van der Waals surface area contributed by atoms with Gasteiger partial charge in [0.25, 0.3) is 0 Å². The fourth-order valence-electron chi connectivity index (χ4n) is 1.59. The van der Waals surface area contributed by atoms with E-state index in [1.165, 1.54) is 5.56 Å². The van der Waals surface area contributed by atoms with Crippen molar-refractivity contribution in [2.75, 3.05) is 5.32 Å². The van der Waals surface area contributed by atoms with Crippen molar-refractivity contribution in [3.05, 3.63) is 52.7 Å². The normalized spacial score (nSPS) is 12.2. The predicted octanol–water partition coefficient (Wildman–Crippen LogP) is 3.75. The van der Waals surface area contributed by atoms with Gasteiger partial charge in [0.1, 0.15) is 0 Å². The van der Waals surface area contributed by atoms with Crippen LogP contribution in [0.4, 0.5) is 10.2 Å². The molecule has 94 valence electrons. The summed E-state index contributed by atoms with van der Waals surface area (Å²) in [6.07, 6.45) is 1.06. The fourth-order valence-corrected chi connectivity index (χ4v) is 1.72. The van der Waals surface area contributed by atoms with Crippen molar-refractivity contribution in [2.24, 2.45) is 0 Å². The van der Waals surface area contributed by atoms with Gasteiger partial charge >= 0.3 is 0 Å². The Labute approximate surface area is 110 Å². The quantitative estimate of drug-likeness (QED) is 0.859. The van der Waals surface area contributed by atoms with Crippen LogP contribution in [0.15, 0.2) is 30.5 Å². The molecule has 0 aliphatic heterocycles. The monoisotopic (exact) mass is 265 g/mol. The van der Waals surface area contributed by atoms with Crippen LogP contribution in [0.5, 0.6) is 0 Å². The van der Waals surface area contributed by atoms with Crippen LogP contribution in [-0.2, 0) is 0 Å². The van der Waals surface area contributed by atoms with E-state index in [-0.39, 0.29) is 17.1 Å². The molecule has 3 nitrogen and oxygen atoms in total. The zero-order valence-electron chi connectivity index (χ0n) is 10.1. The van der Waals surface area contributed by atoms with Gasteiger partial charge in [0.2, 0.25) is 5.28 Å². The highest BCUT2D eigenvalue weighted by Crippen LogP contribution is 2.20. The molecule has 0 radical (unpaired) electrons. The number of halogens is 2. The van der Waals surface area contributed by atoms with Crippen molar-refractivity contribution < 1.29 is 4.39 Å². The summed E-state index contributed by atoms with van der Waals surface area (Å²) in [7, 11) is 0. The van der Waals surface area contributed by atoms with Gasteiger partial charge in [-0.1, -0.05) is 29.8 Å². The number of hydrogen-bond acceptors (Lipinski definition) is 3. The first-order valence-corrected chi connectivity index (χ1v) is 5.95. The number of nitrogens with one attached hydrogen (secondary N) is 1. The molecule has 1 N–H and O–H groups in total. The van der Waals surface area contributed by atoms with E-state index in [2.05, 4.69) is 15.3 Å². The van der Waals surface area contributed by atoms with Gasteiger partial charge in [0.05, 0.1) is 12.2 Å². The summed E-state index contributed by atoms with van der Waals surface area (Å²) in [4.78, 5) is 7.39. The smallest absolute Gasteiger partial charge is 0.224 e. The van der Waals surface area contributed by atoms with Crippen LogP contribution in [0.2, 0.25) is 5.28 Å². The molecular weight excluding hydrogens is 253 g/mol. The van der Waals surface area contributed by atoms with E-state index in [4.69, 9.17) is 11.6 Å². The van der Waals surface area contributed by atoms with Crippen molar-refractivity contribution >= 4 is 17.4 Å². The average Bonchev–Trinajstić information content (AvgIpc) is 2.34. The van der Waals surface area contributed by atoms with Crippen molar-refractivity contribution in [3.63, 3.8) is 0 Å². The van der Waals surface area contributed by atoms with E-state index in [1.807, 2.05) is 38.1 Å². The zero-order valence-corrected chi connectivity index (χ0v) is 10.9. The minimum Gasteiger partial charge on any atom is -0.361 e. The van der Waals surface area contributed by atoms with E-state index >= 15 is 0 Å². The van der Waals surface area contributed by atoms with E-state index < -0.39 is 5.82 Å². The highest BCUT2D eigenvalue weighted by molar-refractivity contribution is 6.28. The lowest BCUT2D eigenvalue weighted by Gasteiger charge is -2.15. The van der Waals surface area contributed by atoms with Crippen LogP contribution >= 0.6 is 11.6 Å². The molecule has 0 fully saturated rings. The van der Waals surface area contributed by atoms with E-state index in [0.29, 0.717) is 0 Å². The van der Waals surface area contributed by atoms with E-state index in [9.17, 15) is 4.39 Å². The second-order valence-electron chi connectivity index (χ2n) is 4.11. The number of anilines is 1. The Balaban J connectivity index is 2.18. The third-order valence-corrected chi connectivity index (χ3v) is 2.83. The fraction of sp³-hybridized carbons (Fsp3) is 0.231. The molecule has 0 aliphatic rings. The van der Waals surface area contributed by atoms with Crippen LogP contribution in [0.3, 0.4) is 0 Å². The zero-order chi connectivity index (χ0) is 13.1. The van der Waals surface area contributed by atoms with Gasteiger partial charge in [-0.2, -0.15) is 4.98 Å². The maximum atomic E-state index is 13.5. The van der Waals surface area contributed by atoms with Gasteiger partial charge in [-0.05, 0) is 31.0 Å². The highest BCUT2D eigenvalue weighted by atomic mass is 35.5. The molecule has 0 saturated heterocycles. The van der Waals surface area contributed by atoms with Gasteiger partial charge in [0.15, 0.2) is 11.6 Å². The van der Waals surface area contributed by atoms with Crippen molar-refractivity contribution in [1.29, 1.82) is 0 Å². The van der Waals surface area contributed by atoms with Crippen LogP contribution < -0.4 is 5.32 Å². The molecule has 1 heterocycles. The predicted molar refractivity (Wildman–Crippen MR) is 70.2 cm³/mol. The lowest BCUT2D eigenvalue weighted by molar-refractivity contribution is 0.613. The van der Waals surface area contributed by atoms with Crippen molar-refractivity contribution in [3.8, 4) is 0 Å². The lowest BCUT2D eigenvalue weighted by atomic mass is 10.1. The summed E-state index contributed by atoms with van der Waals surface area (Å²) >= 11 is 5.64. The van der Waals surface area contributed by atoms with Gasteiger partial charge in [-0.25, -0.2) is 9.37 Å². The van der Waals surface area contributed by atoms with Crippen molar-refractivity contribution in [2.45, 2.75) is 19.9 Å². The topological polar surface area (TPSA) is 37.8 Å². The molecule has 2 rings (SSSR count). The number of aryl methyl sites for hydroxylation is 1. The molecule has 2 aromatic rings. The lowest BCUT2D eigenvalue weighted by Crippen LogP contribution is -2.10. The summed E-state index contributed by atoms with van der Waals surface area (Å²) in [6.45, 7) is 3.95. The summed E-state index contributed by atoms with van der Waals surface area (Å²) in [5.41, 5.74) is 2.23. The standard InChI is InChI=1S/C13H13ClFN3/c1-8-3-5-10(6-4-8)9(2)17-12-11(15)7-16-13(14)18-12/h3-7,9H,1-2H3,(H,16,17,18). The number of benzene rings is 1. The van der Waals surface area contributed by atoms with Gasteiger partial charge in [0, 0.05) is 0 Å². The maximum absolute atomic E-state index is 13.5.